The third-order valence-corrected chi connectivity index (χ3v) is 2.39. The molecule has 1 heterocycles. The molecule has 70 valence electrons. The highest BCUT2D eigenvalue weighted by molar-refractivity contribution is 5.71. The van der Waals surface area contributed by atoms with Crippen LogP contribution in [0.4, 0.5) is 0 Å². The summed E-state index contributed by atoms with van der Waals surface area (Å²) in [5, 5.41) is 18.6. The summed E-state index contributed by atoms with van der Waals surface area (Å²) in [5.74, 6) is -1.63. The molecule has 4 heteroatoms. The van der Waals surface area contributed by atoms with Gasteiger partial charge in [-0.3, -0.25) is 4.79 Å². The molecule has 1 saturated heterocycles. The monoisotopic (exact) mass is 174 g/mol. The zero-order chi connectivity index (χ0) is 9.19. The minimum absolute atomic E-state index is 0.151. The molecule has 2 atom stereocenters. The second-order valence-electron chi connectivity index (χ2n) is 3.21. The fourth-order valence-corrected chi connectivity index (χ4v) is 1.63. The van der Waals surface area contributed by atoms with Gasteiger partial charge in [-0.2, -0.15) is 0 Å². The number of hydrogen-bond donors (Lipinski definition) is 2. The molecule has 0 amide bonds. The van der Waals surface area contributed by atoms with E-state index in [-0.39, 0.29) is 6.61 Å². The zero-order valence-corrected chi connectivity index (χ0v) is 7.12. The van der Waals surface area contributed by atoms with Gasteiger partial charge in [0.15, 0.2) is 0 Å². The molecule has 0 aromatic carbocycles. The molecular weight excluding hydrogens is 160 g/mol. The average molecular weight is 174 g/mol. The average Bonchev–Trinajstić information content (AvgIpc) is 2.37. The number of carbonyl (C=O) groups is 1. The van der Waals surface area contributed by atoms with Crippen LogP contribution in [0.1, 0.15) is 19.8 Å². The van der Waals surface area contributed by atoms with Crippen LogP contribution in [-0.4, -0.2) is 35.0 Å². The molecule has 2 unspecified atom stereocenters. The number of hydrogen-bond acceptors (Lipinski definition) is 3. The lowest BCUT2D eigenvalue weighted by Gasteiger charge is -2.26. The van der Waals surface area contributed by atoms with Gasteiger partial charge in [-0.1, -0.05) is 6.92 Å². The van der Waals surface area contributed by atoms with Crippen LogP contribution in [0.3, 0.4) is 0 Å². The molecule has 0 spiro atoms. The Morgan fingerprint density at radius 2 is 2.42 bits per heavy atom. The summed E-state index contributed by atoms with van der Waals surface area (Å²) in [5.41, 5.74) is -1.14. The van der Waals surface area contributed by atoms with Crippen LogP contribution in [0.25, 0.3) is 0 Å². The topological polar surface area (TPSA) is 66.8 Å². The molecule has 0 bridgehead atoms. The van der Waals surface area contributed by atoms with Crippen molar-refractivity contribution in [3.05, 3.63) is 0 Å². The predicted molar refractivity (Wildman–Crippen MR) is 41.8 cm³/mol. The van der Waals surface area contributed by atoms with Gasteiger partial charge in [-0.15, -0.1) is 0 Å². The van der Waals surface area contributed by atoms with E-state index in [2.05, 4.69) is 0 Å². The third kappa shape index (κ3) is 1.59. The molecule has 0 radical (unpaired) electrons. The third-order valence-electron chi connectivity index (χ3n) is 2.39. The number of rotatable bonds is 3. The summed E-state index contributed by atoms with van der Waals surface area (Å²) in [7, 11) is 0. The second kappa shape index (κ2) is 3.41. The summed E-state index contributed by atoms with van der Waals surface area (Å²) in [4.78, 5) is 10.7. The van der Waals surface area contributed by atoms with Gasteiger partial charge in [0.25, 0.3) is 0 Å². The van der Waals surface area contributed by atoms with Gasteiger partial charge in [0, 0.05) is 13.0 Å². The molecule has 2 N–H and O–H groups in total. The lowest BCUT2D eigenvalue weighted by Crippen LogP contribution is -2.42. The van der Waals surface area contributed by atoms with Crippen molar-refractivity contribution >= 4 is 5.97 Å². The Morgan fingerprint density at radius 3 is 2.75 bits per heavy atom. The van der Waals surface area contributed by atoms with Crippen LogP contribution in [0.2, 0.25) is 0 Å². The summed E-state index contributed by atoms with van der Waals surface area (Å²) < 4.78 is 4.98. The summed E-state index contributed by atoms with van der Waals surface area (Å²) >= 11 is 0. The molecule has 1 aliphatic rings. The number of ether oxygens (including phenoxy) is 1. The SMILES string of the molecule is CCC(C(=O)O)C1(O)CCOC1. The molecule has 0 saturated carbocycles. The first-order chi connectivity index (χ1) is 5.60. The lowest BCUT2D eigenvalue weighted by atomic mass is 9.85. The molecule has 0 aliphatic carbocycles. The van der Waals surface area contributed by atoms with E-state index in [9.17, 15) is 9.90 Å². The van der Waals surface area contributed by atoms with Crippen LogP contribution in [-0.2, 0) is 9.53 Å². The Hall–Kier alpha value is -0.610. The summed E-state index contributed by atoms with van der Waals surface area (Å²) in [6.07, 6.45) is 0.868. The fraction of sp³-hybridized carbons (Fsp3) is 0.875. The van der Waals surface area contributed by atoms with Crippen molar-refractivity contribution in [2.75, 3.05) is 13.2 Å². The highest BCUT2D eigenvalue weighted by Gasteiger charge is 2.43. The molecule has 12 heavy (non-hydrogen) atoms. The maximum atomic E-state index is 10.7. The molecule has 1 fully saturated rings. The van der Waals surface area contributed by atoms with Crippen molar-refractivity contribution in [1.29, 1.82) is 0 Å². The van der Waals surface area contributed by atoms with Gasteiger partial charge in [0.2, 0.25) is 0 Å². The van der Waals surface area contributed by atoms with Crippen LogP contribution in [0.5, 0.6) is 0 Å². The van der Waals surface area contributed by atoms with Crippen LogP contribution < -0.4 is 0 Å². The maximum Gasteiger partial charge on any atom is 0.309 e. The van der Waals surface area contributed by atoms with Crippen molar-refractivity contribution in [3.63, 3.8) is 0 Å². The van der Waals surface area contributed by atoms with E-state index in [1.807, 2.05) is 0 Å². The Bertz CT molecular complexity index is 172. The van der Waals surface area contributed by atoms with Gasteiger partial charge in [0.05, 0.1) is 12.5 Å². The normalized spacial score (nSPS) is 31.8. The molecule has 0 aromatic heterocycles. The van der Waals surface area contributed by atoms with Gasteiger partial charge < -0.3 is 14.9 Å². The highest BCUT2D eigenvalue weighted by Crippen LogP contribution is 2.29. The van der Waals surface area contributed by atoms with E-state index in [1.54, 1.807) is 6.92 Å². The Balaban J connectivity index is 2.69. The molecule has 4 nitrogen and oxygen atoms in total. The fourth-order valence-electron chi connectivity index (χ4n) is 1.63. The zero-order valence-electron chi connectivity index (χ0n) is 7.12. The molecule has 1 rings (SSSR count). The van der Waals surface area contributed by atoms with Gasteiger partial charge in [0.1, 0.15) is 5.60 Å². The van der Waals surface area contributed by atoms with Crippen molar-refractivity contribution in [3.8, 4) is 0 Å². The van der Waals surface area contributed by atoms with E-state index in [0.717, 1.165) is 0 Å². The lowest BCUT2D eigenvalue weighted by molar-refractivity contribution is -0.152. The predicted octanol–water partition coefficient (Wildman–Crippen LogP) is 0.249. The van der Waals surface area contributed by atoms with Crippen molar-refractivity contribution < 1.29 is 19.7 Å². The van der Waals surface area contributed by atoms with E-state index in [4.69, 9.17) is 9.84 Å². The Kier molecular flexibility index (Phi) is 2.69. The van der Waals surface area contributed by atoms with Gasteiger partial charge in [-0.05, 0) is 6.42 Å². The highest BCUT2D eigenvalue weighted by atomic mass is 16.5. The minimum Gasteiger partial charge on any atom is -0.481 e. The molecule has 1 aliphatic heterocycles. The van der Waals surface area contributed by atoms with Gasteiger partial charge >= 0.3 is 5.97 Å². The summed E-state index contributed by atoms with van der Waals surface area (Å²) in [6, 6.07) is 0. The number of carboxylic acid groups (broad SMARTS) is 1. The van der Waals surface area contributed by atoms with Crippen molar-refractivity contribution in [1.82, 2.24) is 0 Å². The molecular formula is C8H14O4. The largest absolute Gasteiger partial charge is 0.481 e. The quantitative estimate of drug-likeness (QED) is 0.643. The van der Waals surface area contributed by atoms with Crippen molar-refractivity contribution in [2.24, 2.45) is 5.92 Å². The van der Waals surface area contributed by atoms with E-state index >= 15 is 0 Å². The Labute approximate surface area is 71.2 Å². The first kappa shape index (κ1) is 9.48. The van der Waals surface area contributed by atoms with E-state index in [1.165, 1.54) is 0 Å². The first-order valence-corrected chi connectivity index (χ1v) is 4.13. The van der Waals surface area contributed by atoms with E-state index < -0.39 is 17.5 Å². The number of aliphatic hydroxyl groups is 1. The van der Waals surface area contributed by atoms with Gasteiger partial charge in [-0.25, -0.2) is 0 Å². The number of aliphatic carboxylic acids is 1. The van der Waals surface area contributed by atoms with Crippen LogP contribution in [0.15, 0.2) is 0 Å². The second-order valence-corrected chi connectivity index (χ2v) is 3.21. The molecule has 0 aromatic rings. The number of carboxylic acids is 1. The summed E-state index contributed by atoms with van der Waals surface area (Å²) in [6.45, 7) is 2.37. The van der Waals surface area contributed by atoms with E-state index in [0.29, 0.717) is 19.4 Å². The maximum absolute atomic E-state index is 10.7. The smallest absolute Gasteiger partial charge is 0.309 e. The Morgan fingerprint density at radius 1 is 1.75 bits per heavy atom. The van der Waals surface area contributed by atoms with Crippen molar-refractivity contribution in [2.45, 2.75) is 25.4 Å². The van der Waals surface area contributed by atoms with Crippen LogP contribution >= 0.6 is 0 Å². The first-order valence-electron chi connectivity index (χ1n) is 4.13. The standard InChI is InChI=1S/C8H14O4/c1-2-6(7(9)10)8(11)3-4-12-5-8/h6,11H,2-5H2,1H3,(H,9,10). The minimum atomic E-state index is -1.14. The van der Waals surface area contributed by atoms with Crippen LogP contribution in [0, 0.1) is 5.92 Å².